The number of nitrogens with zero attached hydrogens (tertiary/aromatic N) is 2. The van der Waals surface area contributed by atoms with Crippen molar-refractivity contribution in [3.8, 4) is 0 Å². The van der Waals surface area contributed by atoms with E-state index in [1.54, 1.807) is 0 Å². The van der Waals surface area contributed by atoms with Gasteiger partial charge in [-0.1, -0.05) is 0 Å². The van der Waals surface area contributed by atoms with Crippen molar-refractivity contribution >= 4 is 5.91 Å². The van der Waals surface area contributed by atoms with Gasteiger partial charge in [-0.25, -0.2) is 0 Å². The highest BCUT2D eigenvalue weighted by Crippen LogP contribution is 2.20. The van der Waals surface area contributed by atoms with Gasteiger partial charge in [-0.2, -0.15) is 13.2 Å². The molecule has 2 aliphatic heterocycles. The minimum atomic E-state index is -4.75. The topological polar surface area (TPSA) is 32.8 Å². The van der Waals surface area contributed by atoms with Gasteiger partial charge in [-0.15, -0.1) is 0 Å². The predicted octanol–water partition coefficient (Wildman–Crippen LogP) is 0.872. The average Bonchev–Trinajstić information content (AvgIpc) is 2.81. The van der Waals surface area contributed by atoms with Gasteiger partial charge in [0.2, 0.25) is 0 Å². The third kappa shape index (κ3) is 3.35. The molecule has 18 heavy (non-hydrogen) atoms. The van der Waals surface area contributed by atoms with Gasteiger partial charge in [0.1, 0.15) is 0 Å². The van der Waals surface area contributed by atoms with Gasteiger partial charge in [-0.3, -0.25) is 9.69 Å². The minimum absolute atomic E-state index is 0.144. The van der Waals surface area contributed by atoms with Gasteiger partial charge in [0.05, 0.1) is 6.10 Å². The maximum atomic E-state index is 12.2. The van der Waals surface area contributed by atoms with Crippen LogP contribution in [0.5, 0.6) is 0 Å². The number of hydrogen-bond acceptors (Lipinski definition) is 3. The van der Waals surface area contributed by atoms with Crippen molar-refractivity contribution in [1.29, 1.82) is 0 Å². The lowest BCUT2D eigenvalue weighted by molar-refractivity contribution is -0.187. The molecule has 0 aromatic carbocycles. The molecule has 7 heteroatoms. The molecular formula is C11H17F3N2O2. The van der Waals surface area contributed by atoms with Gasteiger partial charge < -0.3 is 9.64 Å². The summed E-state index contributed by atoms with van der Waals surface area (Å²) in [7, 11) is 0. The van der Waals surface area contributed by atoms with Crippen molar-refractivity contribution in [2.45, 2.75) is 25.1 Å². The van der Waals surface area contributed by atoms with Crippen LogP contribution in [0, 0.1) is 0 Å². The fourth-order valence-electron chi connectivity index (χ4n) is 2.39. The summed E-state index contributed by atoms with van der Waals surface area (Å²) in [4.78, 5) is 14.0. The molecule has 2 rings (SSSR count). The Kier molecular flexibility index (Phi) is 4.11. The lowest BCUT2D eigenvalue weighted by Gasteiger charge is -2.35. The van der Waals surface area contributed by atoms with Crippen LogP contribution in [-0.2, 0) is 9.53 Å². The molecule has 0 saturated carbocycles. The number of carbonyl (C=O) groups excluding carboxylic acids is 1. The van der Waals surface area contributed by atoms with E-state index in [2.05, 4.69) is 4.90 Å². The molecule has 104 valence electrons. The SMILES string of the molecule is O=C(N1CCN(CC2CCCO2)CC1)C(F)(F)F. The van der Waals surface area contributed by atoms with Crippen LogP contribution in [0.2, 0.25) is 0 Å². The molecular weight excluding hydrogens is 249 g/mol. The highest BCUT2D eigenvalue weighted by Gasteiger charge is 2.43. The highest BCUT2D eigenvalue weighted by atomic mass is 19.4. The Labute approximate surface area is 104 Å². The third-order valence-electron chi connectivity index (χ3n) is 3.39. The maximum absolute atomic E-state index is 12.2. The molecule has 2 heterocycles. The molecule has 0 aromatic heterocycles. The minimum Gasteiger partial charge on any atom is -0.377 e. The Morgan fingerprint density at radius 1 is 1.22 bits per heavy atom. The molecule has 1 amide bonds. The second-order valence-electron chi connectivity index (χ2n) is 4.73. The molecule has 1 unspecified atom stereocenters. The lowest BCUT2D eigenvalue weighted by Crippen LogP contribution is -2.53. The molecule has 4 nitrogen and oxygen atoms in total. The van der Waals surface area contributed by atoms with Crippen LogP contribution in [0.4, 0.5) is 13.2 Å². The van der Waals surface area contributed by atoms with Crippen LogP contribution in [0.15, 0.2) is 0 Å². The second kappa shape index (κ2) is 5.44. The van der Waals surface area contributed by atoms with Gasteiger partial charge in [0.15, 0.2) is 0 Å². The standard InChI is InChI=1S/C11H17F3N2O2/c12-11(13,14)10(17)16-5-3-15(4-6-16)8-9-2-1-7-18-9/h9H,1-8H2. The Hall–Kier alpha value is -0.820. The largest absolute Gasteiger partial charge is 0.471 e. The van der Waals surface area contributed by atoms with Gasteiger partial charge in [-0.05, 0) is 12.8 Å². The number of hydrogen-bond donors (Lipinski definition) is 0. The smallest absolute Gasteiger partial charge is 0.377 e. The zero-order valence-corrected chi connectivity index (χ0v) is 10.1. The number of carbonyl (C=O) groups is 1. The fraction of sp³-hybridized carbons (Fsp3) is 0.909. The van der Waals surface area contributed by atoms with Crippen molar-refractivity contribution in [2.75, 3.05) is 39.3 Å². The lowest BCUT2D eigenvalue weighted by atomic mass is 10.2. The zero-order valence-electron chi connectivity index (χ0n) is 10.1. The van der Waals surface area contributed by atoms with E-state index in [0.717, 1.165) is 30.9 Å². The Morgan fingerprint density at radius 2 is 1.89 bits per heavy atom. The van der Waals surface area contributed by atoms with Gasteiger partial charge in [0, 0.05) is 39.3 Å². The zero-order chi connectivity index (χ0) is 13.2. The fourth-order valence-corrected chi connectivity index (χ4v) is 2.39. The van der Waals surface area contributed by atoms with E-state index in [4.69, 9.17) is 4.74 Å². The average molecular weight is 266 g/mol. The summed E-state index contributed by atoms with van der Waals surface area (Å²) in [6.07, 6.45) is -2.48. The first-order valence-electron chi connectivity index (χ1n) is 6.17. The molecule has 0 N–H and O–H groups in total. The summed E-state index contributed by atoms with van der Waals surface area (Å²) in [5.74, 6) is -1.72. The first kappa shape index (κ1) is 13.6. The summed E-state index contributed by atoms with van der Waals surface area (Å²) < 4.78 is 42.2. The third-order valence-corrected chi connectivity index (χ3v) is 3.39. The molecule has 2 saturated heterocycles. The van der Waals surface area contributed by atoms with E-state index < -0.39 is 12.1 Å². The molecule has 0 aliphatic carbocycles. The van der Waals surface area contributed by atoms with E-state index in [0.29, 0.717) is 13.1 Å². The summed E-state index contributed by atoms with van der Waals surface area (Å²) >= 11 is 0. The van der Waals surface area contributed by atoms with Crippen molar-refractivity contribution < 1.29 is 22.7 Å². The molecule has 0 radical (unpaired) electrons. The molecule has 1 atom stereocenters. The van der Waals surface area contributed by atoms with E-state index in [9.17, 15) is 18.0 Å². The van der Waals surface area contributed by atoms with Crippen LogP contribution in [0.1, 0.15) is 12.8 Å². The number of rotatable bonds is 2. The molecule has 2 aliphatic rings. The van der Waals surface area contributed by atoms with Crippen LogP contribution in [0.3, 0.4) is 0 Å². The van der Waals surface area contributed by atoms with Crippen molar-refractivity contribution in [3.63, 3.8) is 0 Å². The van der Waals surface area contributed by atoms with Crippen molar-refractivity contribution in [1.82, 2.24) is 9.80 Å². The van der Waals surface area contributed by atoms with E-state index in [1.807, 2.05) is 0 Å². The summed E-state index contributed by atoms with van der Waals surface area (Å²) in [5.41, 5.74) is 0. The highest BCUT2D eigenvalue weighted by molar-refractivity contribution is 5.81. The van der Waals surface area contributed by atoms with Crippen LogP contribution in [-0.4, -0.2) is 67.3 Å². The number of ether oxygens (including phenoxy) is 1. The van der Waals surface area contributed by atoms with Crippen molar-refractivity contribution in [3.05, 3.63) is 0 Å². The Morgan fingerprint density at radius 3 is 2.39 bits per heavy atom. The summed E-state index contributed by atoms with van der Waals surface area (Å²) in [5, 5.41) is 0. The maximum Gasteiger partial charge on any atom is 0.471 e. The van der Waals surface area contributed by atoms with Crippen LogP contribution in [0.25, 0.3) is 0 Å². The number of piperazine rings is 1. The Balaban J connectivity index is 1.75. The van der Waals surface area contributed by atoms with Gasteiger partial charge in [0.25, 0.3) is 0 Å². The van der Waals surface area contributed by atoms with Gasteiger partial charge >= 0.3 is 12.1 Å². The van der Waals surface area contributed by atoms with Crippen LogP contribution < -0.4 is 0 Å². The number of alkyl halides is 3. The second-order valence-corrected chi connectivity index (χ2v) is 4.73. The number of halogens is 3. The molecule has 0 spiro atoms. The molecule has 2 fully saturated rings. The normalized spacial score (nSPS) is 26.6. The predicted molar refractivity (Wildman–Crippen MR) is 58.0 cm³/mol. The van der Waals surface area contributed by atoms with Crippen LogP contribution >= 0.6 is 0 Å². The quantitative estimate of drug-likeness (QED) is 0.743. The Bertz CT molecular complexity index is 295. The summed E-state index contributed by atoms with van der Waals surface area (Å²) in [6, 6.07) is 0. The van der Waals surface area contributed by atoms with E-state index in [1.165, 1.54) is 0 Å². The number of amides is 1. The summed E-state index contributed by atoms with van der Waals surface area (Å²) in [6.45, 7) is 2.80. The van der Waals surface area contributed by atoms with E-state index >= 15 is 0 Å². The monoisotopic (exact) mass is 266 g/mol. The van der Waals surface area contributed by atoms with Crippen molar-refractivity contribution in [2.24, 2.45) is 0 Å². The first-order chi connectivity index (χ1) is 8.47. The first-order valence-corrected chi connectivity index (χ1v) is 6.17. The van der Waals surface area contributed by atoms with E-state index in [-0.39, 0.29) is 19.2 Å². The molecule has 0 bridgehead atoms. The molecule has 0 aromatic rings.